The summed E-state index contributed by atoms with van der Waals surface area (Å²) in [4.78, 5) is 15.3. The number of benzene rings is 1. The third kappa shape index (κ3) is 3.27. The van der Waals surface area contributed by atoms with E-state index in [9.17, 15) is 4.79 Å². The number of rotatable bonds is 6. The van der Waals surface area contributed by atoms with Gasteiger partial charge in [-0.15, -0.1) is 0 Å². The molecule has 20 heavy (non-hydrogen) atoms. The van der Waals surface area contributed by atoms with Crippen LogP contribution >= 0.6 is 11.6 Å². The summed E-state index contributed by atoms with van der Waals surface area (Å²) in [6, 6.07) is 4.64. The average Bonchev–Trinajstić information content (AvgIpc) is 2.84. The quantitative estimate of drug-likeness (QED) is 0.882. The highest BCUT2D eigenvalue weighted by molar-refractivity contribution is 6.33. The third-order valence-corrected chi connectivity index (χ3v) is 2.84. The number of aromatic carboxylic acids is 1. The lowest BCUT2D eigenvalue weighted by Gasteiger charge is -2.08. The maximum atomic E-state index is 11.1. The van der Waals surface area contributed by atoms with Gasteiger partial charge in [0, 0.05) is 6.42 Å². The van der Waals surface area contributed by atoms with Crippen LogP contribution in [0.25, 0.3) is 0 Å². The molecule has 0 aliphatic carbocycles. The zero-order chi connectivity index (χ0) is 14.5. The number of aromatic nitrogens is 2. The van der Waals surface area contributed by atoms with Crippen LogP contribution in [0.15, 0.2) is 22.7 Å². The van der Waals surface area contributed by atoms with Gasteiger partial charge in [-0.25, -0.2) is 4.79 Å². The number of hydrogen-bond acceptors (Lipinski definition) is 5. The first-order valence-corrected chi connectivity index (χ1v) is 6.45. The van der Waals surface area contributed by atoms with Crippen LogP contribution in [0.5, 0.6) is 5.75 Å². The minimum Gasteiger partial charge on any atom is -0.485 e. The monoisotopic (exact) mass is 296 g/mol. The zero-order valence-electron chi connectivity index (χ0n) is 10.8. The van der Waals surface area contributed by atoms with Crippen LogP contribution in [0.3, 0.4) is 0 Å². The molecule has 0 amide bonds. The molecule has 1 heterocycles. The minimum atomic E-state index is -1.15. The summed E-state index contributed by atoms with van der Waals surface area (Å²) in [6.45, 7) is 2.03. The fraction of sp³-hybridized carbons (Fsp3) is 0.308. The van der Waals surface area contributed by atoms with Gasteiger partial charge in [0.05, 0.1) is 5.02 Å². The molecule has 0 unspecified atom stereocenters. The first kappa shape index (κ1) is 14.3. The molecular weight excluding hydrogens is 284 g/mol. The number of hydrogen-bond donors (Lipinski definition) is 1. The molecule has 0 bridgehead atoms. The molecule has 0 aliphatic rings. The summed E-state index contributed by atoms with van der Waals surface area (Å²) >= 11 is 5.84. The van der Waals surface area contributed by atoms with E-state index >= 15 is 0 Å². The summed E-state index contributed by atoms with van der Waals surface area (Å²) in [5.74, 6) is -0.0716. The number of carboxylic acid groups (broad SMARTS) is 1. The molecule has 0 radical (unpaired) electrons. The van der Waals surface area contributed by atoms with E-state index in [2.05, 4.69) is 10.1 Å². The van der Waals surface area contributed by atoms with Crippen molar-refractivity contribution in [2.75, 3.05) is 0 Å². The Kier molecular flexibility index (Phi) is 4.57. The van der Waals surface area contributed by atoms with Gasteiger partial charge in [-0.1, -0.05) is 29.7 Å². The van der Waals surface area contributed by atoms with Gasteiger partial charge < -0.3 is 14.4 Å². The van der Waals surface area contributed by atoms with Crippen LogP contribution in [0, 0.1) is 0 Å². The smallest absolute Gasteiger partial charge is 0.341 e. The Morgan fingerprint density at radius 2 is 2.30 bits per heavy atom. The van der Waals surface area contributed by atoms with E-state index in [1.165, 1.54) is 12.1 Å². The SMILES string of the molecule is CCCc1nc(COc2cccc(Cl)c2C(=O)O)no1. The second-order valence-corrected chi connectivity index (χ2v) is 4.47. The van der Waals surface area contributed by atoms with Crippen LogP contribution in [0.4, 0.5) is 0 Å². The van der Waals surface area contributed by atoms with E-state index in [0.717, 1.165) is 6.42 Å². The normalized spacial score (nSPS) is 10.5. The first-order valence-electron chi connectivity index (χ1n) is 6.08. The first-order chi connectivity index (χ1) is 9.61. The van der Waals surface area contributed by atoms with E-state index in [0.29, 0.717) is 18.1 Å². The van der Waals surface area contributed by atoms with Crippen molar-refractivity contribution in [3.8, 4) is 5.75 Å². The summed E-state index contributed by atoms with van der Waals surface area (Å²) in [6.07, 6.45) is 1.60. The molecule has 7 heteroatoms. The van der Waals surface area contributed by atoms with Crippen molar-refractivity contribution >= 4 is 17.6 Å². The minimum absolute atomic E-state index is 0.0217. The summed E-state index contributed by atoms with van der Waals surface area (Å²) in [5.41, 5.74) is -0.0774. The number of halogens is 1. The van der Waals surface area contributed by atoms with Crippen molar-refractivity contribution < 1.29 is 19.2 Å². The number of aryl methyl sites for hydroxylation is 1. The predicted octanol–water partition coefficient (Wildman–Crippen LogP) is 2.95. The molecule has 1 aromatic heterocycles. The lowest BCUT2D eigenvalue weighted by atomic mass is 10.2. The Bertz CT molecular complexity index is 612. The Hall–Kier alpha value is -2.08. The van der Waals surface area contributed by atoms with Crippen LogP contribution in [0.1, 0.15) is 35.4 Å². The molecule has 0 spiro atoms. The van der Waals surface area contributed by atoms with E-state index in [1.807, 2.05) is 6.92 Å². The molecule has 106 valence electrons. The van der Waals surface area contributed by atoms with Gasteiger partial charge in [0.1, 0.15) is 11.3 Å². The molecule has 2 aromatic rings. The maximum absolute atomic E-state index is 11.1. The predicted molar refractivity (Wildman–Crippen MR) is 71.0 cm³/mol. The highest BCUT2D eigenvalue weighted by atomic mass is 35.5. The van der Waals surface area contributed by atoms with E-state index in [4.69, 9.17) is 26.0 Å². The van der Waals surface area contributed by atoms with Gasteiger partial charge >= 0.3 is 5.97 Å². The summed E-state index contributed by atoms with van der Waals surface area (Å²) in [5, 5.41) is 13.0. The van der Waals surface area contributed by atoms with Crippen LogP contribution < -0.4 is 4.74 Å². The van der Waals surface area contributed by atoms with Crippen LogP contribution in [0.2, 0.25) is 5.02 Å². The number of carbonyl (C=O) groups is 1. The van der Waals surface area contributed by atoms with Crippen LogP contribution in [-0.4, -0.2) is 21.2 Å². The zero-order valence-corrected chi connectivity index (χ0v) is 11.6. The average molecular weight is 297 g/mol. The molecule has 0 aliphatic heterocycles. The van der Waals surface area contributed by atoms with Crippen molar-refractivity contribution in [2.24, 2.45) is 0 Å². The molecule has 1 N–H and O–H groups in total. The molecule has 6 nitrogen and oxygen atoms in total. The van der Waals surface area contributed by atoms with Gasteiger partial charge in [-0.2, -0.15) is 4.98 Å². The number of ether oxygens (including phenoxy) is 1. The largest absolute Gasteiger partial charge is 0.485 e. The second kappa shape index (κ2) is 6.38. The Morgan fingerprint density at radius 1 is 1.50 bits per heavy atom. The highest BCUT2D eigenvalue weighted by Crippen LogP contribution is 2.26. The van der Waals surface area contributed by atoms with E-state index in [1.54, 1.807) is 6.07 Å². The Labute approximate surface area is 120 Å². The molecule has 0 fully saturated rings. The van der Waals surface area contributed by atoms with E-state index < -0.39 is 5.97 Å². The molecule has 0 saturated heterocycles. The Balaban J connectivity index is 2.10. The standard InChI is InChI=1S/C13H13ClN2O4/c1-2-4-11-15-10(16-20-11)7-19-9-6-3-5-8(14)12(9)13(17)18/h3,5-6H,2,4,7H2,1H3,(H,17,18). The summed E-state index contributed by atoms with van der Waals surface area (Å²) < 4.78 is 10.4. The van der Waals surface area contributed by atoms with Gasteiger partial charge in [0.25, 0.3) is 0 Å². The lowest BCUT2D eigenvalue weighted by molar-refractivity contribution is 0.0692. The number of carboxylic acids is 1. The van der Waals surface area contributed by atoms with E-state index in [-0.39, 0.29) is 22.9 Å². The van der Waals surface area contributed by atoms with Crippen molar-refractivity contribution in [3.63, 3.8) is 0 Å². The fourth-order valence-corrected chi connectivity index (χ4v) is 1.89. The van der Waals surface area contributed by atoms with Gasteiger partial charge in [0.2, 0.25) is 11.7 Å². The number of nitrogens with zero attached hydrogens (tertiary/aromatic N) is 2. The van der Waals surface area contributed by atoms with Crippen molar-refractivity contribution in [1.29, 1.82) is 0 Å². The molecule has 0 saturated carbocycles. The molecule has 1 aromatic carbocycles. The maximum Gasteiger partial charge on any atom is 0.341 e. The van der Waals surface area contributed by atoms with Gasteiger partial charge in [-0.3, -0.25) is 0 Å². The summed E-state index contributed by atoms with van der Waals surface area (Å²) in [7, 11) is 0. The van der Waals surface area contributed by atoms with Gasteiger partial charge in [0.15, 0.2) is 6.61 Å². The fourth-order valence-electron chi connectivity index (χ4n) is 1.64. The van der Waals surface area contributed by atoms with Crippen molar-refractivity contribution in [1.82, 2.24) is 10.1 Å². The second-order valence-electron chi connectivity index (χ2n) is 4.06. The van der Waals surface area contributed by atoms with Crippen molar-refractivity contribution in [3.05, 3.63) is 40.5 Å². The van der Waals surface area contributed by atoms with Crippen molar-refractivity contribution in [2.45, 2.75) is 26.4 Å². The third-order valence-electron chi connectivity index (χ3n) is 2.52. The molecule has 2 rings (SSSR count). The highest BCUT2D eigenvalue weighted by Gasteiger charge is 2.16. The lowest BCUT2D eigenvalue weighted by Crippen LogP contribution is -2.05. The van der Waals surface area contributed by atoms with Crippen LogP contribution in [-0.2, 0) is 13.0 Å². The molecule has 0 atom stereocenters. The molecular formula is C13H13ClN2O4. The van der Waals surface area contributed by atoms with Gasteiger partial charge in [-0.05, 0) is 18.6 Å². The Morgan fingerprint density at radius 3 is 3.00 bits per heavy atom. The topological polar surface area (TPSA) is 85.5 Å².